The number of Topliss-reactive ketones (excluding diaryl/α,β-unsaturated/α-hetero) is 1. The maximum Gasteiger partial charge on any atom is 0.218 e. The van der Waals surface area contributed by atoms with Crippen molar-refractivity contribution in [3.05, 3.63) is 0 Å². The van der Waals surface area contributed by atoms with E-state index in [1.807, 2.05) is 27.7 Å². The SMILES string of the molecule is CC1(C)CC(=O)CC(C)(C)N1CCC(N)=O. The average molecular weight is 226 g/mol. The zero-order valence-electron chi connectivity index (χ0n) is 10.7. The normalized spacial score (nSPS) is 24.4. The first-order valence-electron chi connectivity index (χ1n) is 5.73. The van der Waals surface area contributed by atoms with E-state index in [2.05, 4.69) is 4.90 Å². The molecular formula is C12H22N2O2. The van der Waals surface area contributed by atoms with Gasteiger partial charge in [0.25, 0.3) is 0 Å². The summed E-state index contributed by atoms with van der Waals surface area (Å²) < 4.78 is 0. The Kier molecular flexibility index (Phi) is 3.43. The molecule has 0 spiro atoms. The summed E-state index contributed by atoms with van der Waals surface area (Å²) in [6, 6.07) is 0. The van der Waals surface area contributed by atoms with Crippen LogP contribution in [0.2, 0.25) is 0 Å². The lowest BCUT2D eigenvalue weighted by Crippen LogP contribution is -2.61. The Hall–Kier alpha value is -0.900. The van der Waals surface area contributed by atoms with Crippen LogP contribution in [0, 0.1) is 0 Å². The van der Waals surface area contributed by atoms with Crippen molar-refractivity contribution in [2.45, 2.75) is 58.0 Å². The lowest BCUT2D eigenvalue weighted by atomic mass is 9.79. The van der Waals surface area contributed by atoms with Crippen molar-refractivity contribution in [3.63, 3.8) is 0 Å². The number of hydrogen-bond acceptors (Lipinski definition) is 3. The minimum Gasteiger partial charge on any atom is -0.370 e. The number of carbonyl (C=O) groups excluding carboxylic acids is 2. The third-order valence-electron chi connectivity index (χ3n) is 3.30. The van der Waals surface area contributed by atoms with Gasteiger partial charge in [-0.25, -0.2) is 0 Å². The van der Waals surface area contributed by atoms with Gasteiger partial charge in [0.2, 0.25) is 5.91 Å². The Morgan fingerprint density at radius 1 is 1.25 bits per heavy atom. The van der Waals surface area contributed by atoms with E-state index in [0.717, 1.165) is 0 Å². The molecule has 1 rings (SSSR count). The van der Waals surface area contributed by atoms with Gasteiger partial charge in [0.05, 0.1) is 0 Å². The molecule has 4 nitrogen and oxygen atoms in total. The average Bonchev–Trinajstić information content (AvgIpc) is 1.96. The largest absolute Gasteiger partial charge is 0.370 e. The molecule has 2 N–H and O–H groups in total. The van der Waals surface area contributed by atoms with Crippen molar-refractivity contribution in [3.8, 4) is 0 Å². The van der Waals surface area contributed by atoms with Crippen LogP contribution in [0.4, 0.5) is 0 Å². The number of carbonyl (C=O) groups is 2. The van der Waals surface area contributed by atoms with Crippen LogP contribution in [0.1, 0.15) is 47.0 Å². The fraction of sp³-hybridized carbons (Fsp3) is 0.833. The highest BCUT2D eigenvalue weighted by atomic mass is 16.1. The maximum absolute atomic E-state index is 11.7. The summed E-state index contributed by atoms with van der Waals surface area (Å²) in [5.41, 5.74) is 4.81. The van der Waals surface area contributed by atoms with Crippen LogP contribution in [-0.4, -0.2) is 34.2 Å². The van der Waals surface area contributed by atoms with E-state index in [4.69, 9.17) is 5.73 Å². The van der Waals surface area contributed by atoms with Crippen LogP contribution in [0.25, 0.3) is 0 Å². The first-order chi connectivity index (χ1) is 7.15. The van der Waals surface area contributed by atoms with Crippen LogP contribution in [-0.2, 0) is 9.59 Å². The van der Waals surface area contributed by atoms with Gasteiger partial charge in [0.15, 0.2) is 0 Å². The second-order valence-corrected chi connectivity index (χ2v) is 5.89. The summed E-state index contributed by atoms with van der Waals surface area (Å²) in [4.78, 5) is 24.7. The van der Waals surface area contributed by atoms with E-state index in [9.17, 15) is 9.59 Å². The molecule has 0 aromatic rings. The van der Waals surface area contributed by atoms with Gasteiger partial charge in [-0.05, 0) is 27.7 Å². The molecule has 0 unspecified atom stereocenters. The van der Waals surface area contributed by atoms with E-state index >= 15 is 0 Å². The molecule has 0 atom stereocenters. The fourth-order valence-electron chi connectivity index (χ4n) is 2.87. The summed E-state index contributed by atoms with van der Waals surface area (Å²) in [5, 5.41) is 0. The highest BCUT2D eigenvalue weighted by molar-refractivity contribution is 5.81. The van der Waals surface area contributed by atoms with E-state index in [-0.39, 0.29) is 17.0 Å². The van der Waals surface area contributed by atoms with E-state index in [1.165, 1.54) is 0 Å². The van der Waals surface area contributed by atoms with Gasteiger partial charge in [-0.3, -0.25) is 14.5 Å². The number of amides is 1. The predicted molar refractivity (Wildman–Crippen MR) is 62.9 cm³/mol. The second kappa shape index (κ2) is 4.17. The van der Waals surface area contributed by atoms with Crippen LogP contribution < -0.4 is 5.73 Å². The number of ketones is 1. The van der Waals surface area contributed by atoms with Gasteiger partial charge < -0.3 is 5.73 Å². The van der Waals surface area contributed by atoms with Crippen LogP contribution in [0.15, 0.2) is 0 Å². The molecule has 1 heterocycles. The van der Waals surface area contributed by atoms with Gasteiger partial charge in [-0.1, -0.05) is 0 Å². The van der Waals surface area contributed by atoms with Crippen molar-refractivity contribution in [1.29, 1.82) is 0 Å². The summed E-state index contributed by atoms with van der Waals surface area (Å²) >= 11 is 0. The lowest BCUT2D eigenvalue weighted by Gasteiger charge is -2.52. The van der Waals surface area contributed by atoms with Gasteiger partial charge in [-0.15, -0.1) is 0 Å². The van der Waals surface area contributed by atoms with E-state index in [1.54, 1.807) is 0 Å². The zero-order valence-corrected chi connectivity index (χ0v) is 10.7. The van der Waals surface area contributed by atoms with Crippen molar-refractivity contribution in [1.82, 2.24) is 4.90 Å². The third-order valence-corrected chi connectivity index (χ3v) is 3.30. The molecule has 0 aromatic heterocycles. The van der Waals surface area contributed by atoms with Gasteiger partial charge >= 0.3 is 0 Å². The lowest BCUT2D eigenvalue weighted by molar-refractivity contribution is -0.134. The molecular weight excluding hydrogens is 204 g/mol. The number of likely N-dealkylation sites (tertiary alicyclic amines) is 1. The molecule has 0 aliphatic carbocycles. The maximum atomic E-state index is 11.7. The zero-order chi connectivity index (χ0) is 12.6. The van der Waals surface area contributed by atoms with E-state index in [0.29, 0.717) is 31.6 Å². The Bertz CT molecular complexity index is 288. The smallest absolute Gasteiger partial charge is 0.218 e. The monoisotopic (exact) mass is 226 g/mol. The minimum absolute atomic E-state index is 0.186. The molecule has 1 fully saturated rings. The van der Waals surface area contributed by atoms with Crippen LogP contribution in [0.3, 0.4) is 0 Å². The van der Waals surface area contributed by atoms with Gasteiger partial charge in [-0.2, -0.15) is 0 Å². The quantitative estimate of drug-likeness (QED) is 0.783. The fourth-order valence-corrected chi connectivity index (χ4v) is 2.87. The molecule has 1 saturated heterocycles. The Morgan fingerprint density at radius 3 is 2.06 bits per heavy atom. The van der Waals surface area contributed by atoms with Crippen molar-refractivity contribution < 1.29 is 9.59 Å². The Balaban J connectivity index is 2.84. The van der Waals surface area contributed by atoms with Crippen LogP contribution >= 0.6 is 0 Å². The highest BCUT2D eigenvalue weighted by Crippen LogP contribution is 2.36. The van der Waals surface area contributed by atoms with Crippen molar-refractivity contribution in [2.24, 2.45) is 5.73 Å². The predicted octanol–water partition coefficient (Wildman–Crippen LogP) is 1.08. The molecule has 92 valence electrons. The standard InChI is InChI=1S/C12H22N2O2/c1-11(2)7-9(15)8-12(3,4)14(11)6-5-10(13)16/h5-8H2,1-4H3,(H2,13,16). The molecule has 16 heavy (non-hydrogen) atoms. The summed E-state index contributed by atoms with van der Waals surface area (Å²) in [6.45, 7) is 8.82. The molecule has 1 aliphatic rings. The molecule has 0 aromatic carbocycles. The van der Waals surface area contributed by atoms with E-state index < -0.39 is 0 Å². The number of nitrogens with two attached hydrogens (primary N) is 1. The third kappa shape index (κ3) is 2.82. The molecule has 1 amide bonds. The highest BCUT2D eigenvalue weighted by Gasteiger charge is 2.44. The number of piperidine rings is 1. The molecule has 0 radical (unpaired) electrons. The first-order valence-corrected chi connectivity index (χ1v) is 5.73. The molecule has 1 aliphatic heterocycles. The number of nitrogens with zero attached hydrogens (tertiary/aromatic N) is 1. The number of primary amides is 1. The minimum atomic E-state index is -0.288. The second-order valence-electron chi connectivity index (χ2n) is 5.89. The summed E-state index contributed by atoms with van der Waals surface area (Å²) in [7, 11) is 0. The first kappa shape index (κ1) is 13.2. The van der Waals surface area contributed by atoms with Gasteiger partial charge in [0.1, 0.15) is 5.78 Å². The summed E-state index contributed by atoms with van der Waals surface area (Å²) in [6.07, 6.45) is 1.45. The molecule has 4 heteroatoms. The number of rotatable bonds is 3. The Labute approximate surface area is 97.2 Å². The number of hydrogen-bond donors (Lipinski definition) is 1. The van der Waals surface area contributed by atoms with Crippen molar-refractivity contribution >= 4 is 11.7 Å². The Morgan fingerprint density at radius 2 is 1.69 bits per heavy atom. The van der Waals surface area contributed by atoms with Gasteiger partial charge in [0, 0.05) is 36.9 Å². The topological polar surface area (TPSA) is 63.4 Å². The molecule has 0 saturated carbocycles. The van der Waals surface area contributed by atoms with Crippen molar-refractivity contribution in [2.75, 3.05) is 6.54 Å². The van der Waals surface area contributed by atoms with Crippen LogP contribution in [0.5, 0.6) is 0 Å². The molecule has 0 bridgehead atoms. The summed E-state index contributed by atoms with van der Waals surface area (Å²) in [5.74, 6) is 0.00817.